The van der Waals surface area contributed by atoms with Gasteiger partial charge in [-0.2, -0.15) is 0 Å². The Labute approximate surface area is 150 Å². The molecule has 2 nitrogen and oxygen atoms in total. The maximum atomic E-state index is 3.63. The van der Waals surface area contributed by atoms with E-state index in [-0.39, 0.29) is 0 Å². The van der Waals surface area contributed by atoms with Gasteiger partial charge in [-0.3, -0.25) is 0 Å². The highest BCUT2D eigenvalue weighted by molar-refractivity contribution is 6.19. The second-order valence-electron chi connectivity index (χ2n) is 6.79. The van der Waals surface area contributed by atoms with Crippen LogP contribution in [0.4, 0.5) is 0 Å². The Balaban J connectivity index is 1.82. The van der Waals surface area contributed by atoms with Gasteiger partial charge in [-0.25, -0.2) is 0 Å². The normalized spacial score (nSPS) is 11.8. The van der Waals surface area contributed by atoms with Gasteiger partial charge < -0.3 is 9.38 Å². The van der Waals surface area contributed by atoms with E-state index in [0.29, 0.717) is 0 Å². The molecular formula is C24H16N2. The molecule has 3 aromatic heterocycles. The molecule has 2 heteroatoms. The summed E-state index contributed by atoms with van der Waals surface area (Å²) >= 11 is 0. The predicted octanol–water partition coefficient (Wildman–Crippen LogP) is 6.39. The predicted molar refractivity (Wildman–Crippen MR) is 110 cm³/mol. The summed E-state index contributed by atoms with van der Waals surface area (Å²) in [5.41, 5.74) is 6.09. The smallest absolute Gasteiger partial charge is 0.0731 e. The van der Waals surface area contributed by atoms with Crippen LogP contribution < -0.4 is 0 Å². The molecule has 0 saturated heterocycles. The first kappa shape index (κ1) is 13.7. The van der Waals surface area contributed by atoms with Crippen molar-refractivity contribution >= 4 is 38.1 Å². The van der Waals surface area contributed by atoms with E-state index >= 15 is 0 Å². The third-order valence-corrected chi connectivity index (χ3v) is 5.32. The summed E-state index contributed by atoms with van der Waals surface area (Å²) in [6, 6.07) is 30.2. The second kappa shape index (κ2) is 4.99. The Morgan fingerprint density at radius 1 is 0.692 bits per heavy atom. The molecule has 0 fully saturated rings. The Morgan fingerprint density at radius 2 is 1.50 bits per heavy atom. The first-order chi connectivity index (χ1) is 12.9. The van der Waals surface area contributed by atoms with Crippen molar-refractivity contribution in [3.8, 4) is 11.3 Å². The van der Waals surface area contributed by atoms with Crippen LogP contribution in [0.25, 0.3) is 49.4 Å². The SMILES string of the molecule is c1ccc2cc(-c3c4c5ccccc5[nH]c4c4ccccn34)ccc2c1. The lowest BCUT2D eigenvalue weighted by molar-refractivity contribution is 1.21. The van der Waals surface area contributed by atoms with E-state index in [1.54, 1.807) is 0 Å². The van der Waals surface area contributed by atoms with E-state index in [1.807, 2.05) is 0 Å². The molecule has 0 saturated carbocycles. The Bertz CT molecular complexity index is 1430. The third kappa shape index (κ3) is 1.76. The van der Waals surface area contributed by atoms with Gasteiger partial charge in [0.1, 0.15) is 0 Å². The monoisotopic (exact) mass is 332 g/mol. The fourth-order valence-electron chi connectivity index (χ4n) is 4.16. The quantitative estimate of drug-likeness (QED) is 0.360. The molecule has 0 spiro atoms. The number of benzene rings is 3. The maximum absolute atomic E-state index is 3.63. The lowest BCUT2D eigenvalue weighted by atomic mass is 10.0. The van der Waals surface area contributed by atoms with Crippen molar-refractivity contribution in [2.75, 3.05) is 0 Å². The molecule has 0 radical (unpaired) electrons. The van der Waals surface area contributed by atoms with Crippen molar-refractivity contribution in [1.82, 2.24) is 9.38 Å². The van der Waals surface area contributed by atoms with Crippen molar-refractivity contribution in [3.05, 3.63) is 91.1 Å². The van der Waals surface area contributed by atoms with Gasteiger partial charge in [-0.15, -0.1) is 0 Å². The number of nitrogens with one attached hydrogen (secondary N) is 1. The summed E-state index contributed by atoms with van der Waals surface area (Å²) in [4.78, 5) is 3.63. The summed E-state index contributed by atoms with van der Waals surface area (Å²) in [5.74, 6) is 0. The van der Waals surface area contributed by atoms with Crippen molar-refractivity contribution in [1.29, 1.82) is 0 Å². The summed E-state index contributed by atoms with van der Waals surface area (Å²) in [6.45, 7) is 0. The topological polar surface area (TPSA) is 20.2 Å². The van der Waals surface area contributed by atoms with Crippen LogP contribution in [-0.4, -0.2) is 9.38 Å². The number of aromatic amines is 1. The average Bonchev–Trinajstić information content (AvgIpc) is 3.22. The van der Waals surface area contributed by atoms with Crippen LogP contribution in [-0.2, 0) is 0 Å². The number of pyridine rings is 1. The minimum atomic E-state index is 1.19. The largest absolute Gasteiger partial charge is 0.353 e. The van der Waals surface area contributed by atoms with Gasteiger partial charge in [-0.1, -0.05) is 60.7 Å². The van der Waals surface area contributed by atoms with Gasteiger partial charge in [0, 0.05) is 22.5 Å². The van der Waals surface area contributed by atoms with Crippen molar-refractivity contribution < 1.29 is 0 Å². The molecule has 0 aliphatic carbocycles. The molecule has 0 aliphatic heterocycles. The first-order valence-electron chi connectivity index (χ1n) is 8.89. The number of para-hydroxylation sites is 1. The molecule has 3 heterocycles. The molecule has 0 atom stereocenters. The molecule has 1 N–H and O–H groups in total. The Morgan fingerprint density at radius 3 is 2.46 bits per heavy atom. The minimum absolute atomic E-state index is 1.19. The van der Waals surface area contributed by atoms with E-state index in [1.165, 1.54) is 49.4 Å². The van der Waals surface area contributed by atoms with E-state index in [9.17, 15) is 0 Å². The van der Waals surface area contributed by atoms with Gasteiger partial charge in [-0.05, 0) is 40.6 Å². The zero-order valence-electron chi connectivity index (χ0n) is 14.1. The molecule has 0 amide bonds. The molecule has 6 rings (SSSR count). The van der Waals surface area contributed by atoms with Crippen LogP contribution in [0.15, 0.2) is 91.1 Å². The van der Waals surface area contributed by atoms with Gasteiger partial charge in [0.2, 0.25) is 0 Å². The summed E-state index contributed by atoms with van der Waals surface area (Å²) in [6.07, 6.45) is 2.16. The van der Waals surface area contributed by atoms with Crippen LogP contribution in [0.2, 0.25) is 0 Å². The van der Waals surface area contributed by atoms with Crippen LogP contribution in [0.3, 0.4) is 0 Å². The molecule has 0 unspecified atom stereocenters. The molecule has 26 heavy (non-hydrogen) atoms. The number of nitrogens with zero attached hydrogens (tertiary/aromatic N) is 1. The summed E-state index contributed by atoms with van der Waals surface area (Å²) in [7, 11) is 0. The van der Waals surface area contributed by atoms with Gasteiger partial charge in [0.05, 0.1) is 16.7 Å². The zero-order chi connectivity index (χ0) is 17.1. The van der Waals surface area contributed by atoms with Crippen LogP contribution >= 0.6 is 0 Å². The fourth-order valence-corrected chi connectivity index (χ4v) is 4.16. The number of H-pyrrole nitrogens is 1. The number of hydrogen-bond donors (Lipinski definition) is 1. The van der Waals surface area contributed by atoms with E-state index < -0.39 is 0 Å². The molecule has 6 aromatic rings. The number of fused-ring (bicyclic) bond motifs is 6. The highest BCUT2D eigenvalue weighted by Crippen LogP contribution is 2.39. The number of aromatic nitrogens is 2. The highest BCUT2D eigenvalue weighted by atomic mass is 14.9. The van der Waals surface area contributed by atoms with Crippen molar-refractivity contribution in [3.63, 3.8) is 0 Å². The van der Waals surface area contributed by atoms with Gasteiger partial charge in [0.25, 0.3) is 0 Å². The van der Waals surface area contributed by atoms with Crippen molar-refractivity contribution in [2.24, 2.45) is 0 Å². The van der Waals surface area contributed by atoms with Crippen LogP contribution in [0, 0.1) is 0 Å². The molecule has 122 valence electrons. The minimum Gasteiger partial charge on any atom is -0.353 e. The fraction of sp³-hybridized carbons (Fsp3) is 0. The lowest BCUT2D eigenvalue weighted by Gasteiger charge is -2.06. The van der Waals surface area contributed by atoms with E-state index in [0.717, 1.165) is 0 Å². The van der Waals surface area contributed by atoms with Gasteiger partial charge >= 0.3 is 0 Å². The number of hydrogen-bond acceptors (Lipinski definition) is 0. The maximum Gasteiger partial charge on any atom is 0.0731 e. The van der Waals surface area contributed by atoms with Crippen LogP contribution in [0.1, 0.15) is 0 Å². The third-order valence-electron chi connectivity index (χ3n) is 5.32. The van der Waals surface area contributed by atoms with Crippen LogP contribution in [0.5, 0.6) is 0 Å². The Hall–Kier alpha value is -3.52. The molecule has 3 aromatic carbocycles. The summed E-state index contributed by atoms with van der Waals surface area (Å²) < 4.78 is 2.30. The standard InChI is InChI=1S/C24H16N2/c1-2-8-17-15-18(13-12-16(17)7-1)24-22-19-9-3-4-10-20(19)25-23(22)21-11-5-6-14-26(21)24/h1-15,25H. The number of rotatable bonds is 1. The first-order valence-corrected chi connectivity index (χ1v) is 8.89. The average molecular weight is 332 g/mol. The van der Waals surface area contributed by atoms with Gasteiger partial charge in [0.15, 0.2) is 0 Å². The second-order valence-corrected chi connectivity index (χ2v) is 6.79. The van der Waals surface area contributed by atoms with Crippen molar-refractivity contribution in [2.45, 2.75) is 0 Å². The molecule has 0 aliphatic rings. The highest BCUT2D eigenvalue weighted by Gasteiger charge is 2.17. The lowest BCUT2D eigenvalue weighted by Crippen LogP contribution is -1.88. The Kier molecular flexibility index (Phi) is 2.64. The zero-order valence-corrected chi connectivity index (χ0v) is 14.1. The molecular weight excluding hydrogens is 316 g/mol. The van der Waals surface area contributed by atoms with E-state index in [2.05, 4.69) is 101 Å². The summed E-state index contributed by atoms with van der Waals surface area (Å²) in [5, 5.41) is 5.10. The molecule has 0 bridgehead atoms. The van der Waals surface area contributed by atoms with E-state index in [4.69, 9.17) is 0 Å².